The molecule has 0 radical (unpaired) electrons. The predicted molar refractivity (Wildman–Crippen MR) is 104 cm³/mol. The van der Waals surface area contributed by atoms with Crippen molar-refractivity contribution in [2.45, 2.75) is 45.2 Å². The van der Waals surface area contributed by atoms with Gasteiger partial charge in [-0.25, -0.2) is 9.67 Å². The third-order valence-electron chi connectivity index (χ3n) is 5.28. The van der Waals surface area contributed by atoms with Crippen molar-refractivity contribution in [1.29, 1.82) is 0 Å². The van der Waals surface area contributed by atoms with Crippen molar-refractivity contribution < 1.29 is 9.47 Å². The Bertz CT molecular complexity index is 1010. The predicted octanol–water partition coefficient (Wildman–Crippen LogP) is 3.25. The highest BCUT2D eigenvalue weighted by Crippen LogP contribution is 2.34. The highest BCUT2D eigenvalue weighted by Gasteiger charge is 2.24. The van der Waals surface area contributed by atoms with Gasteiger partial charge in [-0.2, -0.15) is 10.1 Å². The number of anilines is 2. The van der Waals surface area contributed by atoms with Crippen molar-refractivity contribution in [1.82, 2.24) is 29.5 Å². The molecule has 2 aliphatic heterocycles. The molecule has 0 aromatic carbocycles. The van der Waals surface area contributed by atoms with Crippen LogP contribution in [0.3, 0.4) is 0 Å². The molecule has 5 rings (SSSR count). The number of hydrogen-bond donors (Lipinski definition) is 1. The molecular formula is C18H22ClN7O2. The average Bonchev–Trinajstić information content (AvgIpc) is 3.01. The van der Waals surface area contributed by atoms with Crippen molar-refractivity contribution in [2.75, 3.05) is 25.1 Å². The maximum absolute atomic E-state index is 6.22. The summed E-state index contributed by atoms with van der Waals surface area (Å²) < 4.78 is 15.6. The lowest BCUT2D eigenvalue weighted by Crippen LogP contribution is -2.17. The number of aryl methyl sites for hydroxylation is 1. The number of nitrogens with zero attached hydrogens (tertiary/aromatic N) is 6. The Labute approximate surface area is 167 Å². The molecule has 1 fully saturated rings. The SMILES string of the molecule is Cc1c2c(nn1C1CCCCOC1)OCCCn1nc(Cl)c3cnc(nc31)N2. The zero-order chi connectivity index (χ0) is 19.1. The molecule has 1 N–H and O–H groups in total. The molecule has 3 aromatic heterocycles. The maximum Gasteiger partial charge on any atom is 0.257 e. The van der Waals surface area contributed by atoms with Crippen LogP contribution < -0.4 is 10.1 Å². The summed E-state index contributed by atoms with van der Waals surface area (Å²) in [5.41, 5.74) is 2.50. The molecular weight excluding hydrogens is 382 g/mol. The molecule has 0 amide bonds. The Morgan fingerprint density at radius 2 is 2.14 bits per heavy atom. The van der Waals surface area contributed by atoms with Crippen LogP contribution in [0.4, 0.5) is 11.6 Å². The molecule has 148 valence electrons. The summed E-state index contributed by atoms with van der Waals surface area (Å²) in [6.45, 7) is 4.70. The van der Waals surface area contributed by atoms with Gasteiger partial charge >= 0.3 is 0 Å². The van der Waals surface area contributed by atoms with Crippen molar-refractivity contribution in [3.8, 4) is 5.88 Å². The van der Waals surface area contributed by atoms with E-state index in [2.05, 4.69) is 20.4 Å². The van der Waals surface area contributed by atoms with Gasteiger partial charge in [0.15, 0.2) is 10.8 Å². The Morgan fingerprint density at radius 1 is 1.21 bits per heavy atom. The number of ether oxygens (including phenoxy) is 2. The van der Waals surface area contributed by atoms with Crippen LogP contribution in [0.1, 0.15) is 37.4 Å². The highest BCUT2D eigenvalue weighted by molar-refractivity contribution is 6.34. The largest absolute Gasteiger partial charge is 0.475 e. The van der Waals surface area contributed by atoms with Crippen molar-refractivity contribution >= 4 is 34.3 Å². The van der Waals surface area contributed by atoms with E-state index >= 15 is 0 Å². The number of halogens is 1. The molecule has 9 nitrogen and oxygen atoms in total. The third kappa shape index (κ3) is 3.08. The van der Waals surface area contributed by atoms with Crippen molar-refractivity contribution in [2.24, 2.45) is 0 Å². The van der Waals surface area contributed by atoms with Crippen LogP contribution in [-0.4, -0.2) is 49.3 Å². The van der Waals surface area contributed by atoms with Gasteiger partial charge < -0.3 is 14.8 Å². The molecule has 2 bridgehead atoms. The second-order valence-electron chi connectivity index (χ2n) is 7.21. The molecule has 2 aliphatic rings. The Kier molecular flexibility index (Phi) is 4.56. The van der Waals surface area contributed by atoms with Gasteiger partial charge in [0.1, 0.15) is 5.69 Å². The van der Waals surface area contributed by atoms with Gasteiger partial charge in [-0.15, -0.1) is 5.10 Å². The van der Waals surface area contributed by atoms with Gasteiger partial charge in [0.05, 0.1) is 30.3 Å². The first-order valence-corrected chi connectivity index (χ1v) is 10.0. The van der Waals surface area contributed by atoms with Gasteiger partial charge in [-0.1, -0.05) is 11.6 Å². The first-order valence-electron chi connectivity index (χ1n) is 9.66. The number of rotatable bonds is 1. The lowest BCUT2D eigenvalue weighted by Gasteiger charge is -2.16. The highest BCUT2D eigenvalue weighted by atomic mass is 35.5. The molecule has 0 aliphatic carbocycles. The third-order valence-corrected chi connectivity index (χ3v) is 5.56. The van der Waals surface area contributed by atoms with Gasteiger partial charge in [-0.05, 0) is 26.2 Å². The number of aromatic nitrogens is 6. The minimum atomic E-state index is 0.206. The molecule has 5 heterocycles. The molecule has 1 atom stereocenters. The van der Waals surface area contributed by atoms with Gasteiger partial charge in [0.25, 0.3) is 5.88 Å². The van der Waals surface area contributed by atoms with Crippen LogP contribution in [0.2, 0.25) is 5.15 Å². The Hall–Kier alpha value is -2.39. The van der Waals surface area contributed by atoms with E-state index in [0.29, 0.717) is 42.4 Å². The molecule has 0 saturated carbocycles. The monoisotopic (exact) mass is 403 g/mol. The van der Waals surface area contributed by atoms with Crippen LogP contribution in [0, 0.1) is 6.92 Å². The normalized spacial score (nSPS) is 20.1. The molecule has 28 heavy (non-hydrogen) atoms. The van der Waals surface area contributed by atoms with E-state index in [1.165, 1.54) is 0 Å². The average molecular weight is 404 g/mol. The van der Waals surface area contributed by atoms with Crippen LogP contribution in [0.5, 0.6) is 5.88 Å². The second-order valence-corrected chi connectivity index (χ2v) is 7.56. The molecule has 3 aromatic rings. The minimum absolute atomic E-state index is 0.206. The maximum atomic E-state index is 6.22. The van der Waals surface area contributed by atoms with Gasteiger partial charge in [0.2, 0.25) is 5.95 Å². The summed E-state index contributed by atoms with van der Waals surface area (Å²) >= 11 is 6.22. The van der Waals surface area contributed by atoms with Crippen LogP contribution >= 0.6 is 11.6 Å². The number of hydrogen-bond acceptors (Lipinski definition) is 7. The Balaban J connectivity index is 1.56. The Morgan fingerprint density at radius 3 is 3.07 bits per heavy atom. The van der Waals surface area contributed by atoms with E-state index in [4.69, 9.17) is 26.2 Å². The summed E-state index contributed by atoms with van der Waals surface area (Å²) in [5.74, 6) is 1.04. The molecule has 10 heteroatoms. The fraction of sp³-hybridized carbons (Fsp3) is 0.556. The summed E-state index contributed by atoms with van der Waals surface area (Å²) in [7, 11) is 0. The zero-order valence-corrected chi connectivity index (χ0v) is 16.4. The smallest absolute Gasteiger partial charge is 0.257 e. The molecule has 0 spiro atoms. The fourth-order valence-corrected chi connectivity index (χ4v) is 4.03. The summed E-state index contributed by atoms with van der Waals surface area (Å²) in [4.78, 5) is 9.04. The van der Waals surface area contributed by atoms with E-state index in [1.54, 1.807) is 10.9 Å². The van der Waals surface area contributed by atoms with Crippen LogP contribution in [0.15, 0.2) is 6.20 Å². The number of fused-ring (bicyclic) bond motifs is 2. The van der Waals surface area contributed by atoms with Crippen LogP contribution in [0.25, 0.3) is 11.0 Å². The topological polar surface area (TPSA) is 91.9 Å². The summed E-state index contributed by atoms with van der Waals surface area (Å²) in [6.07, 6.45) is 5.74. The summed E-state index contributed by atoms with van der Waals surface area (Å²) in [5, 5.41) is 13.6. The summed E-state index contributed by atoms with van der Waals surface area (Å²) in [6, 6.07) is 0.206. The van der Waals surface area contributed by atoms with E-state index in [-0.39, 0.29) is 6.04 Å². The van der Waals surface area contributed by atoms with Gasteiger partial charge in [-0.3, -0.25) is 4.68 Å². The molecule has 1 saturated heterocycles. The van der Waals surface area contributed by atoms with E-state index in [1.807, 2.05) is 11.6 Å². The number of nitrogens with one attached hydrogen (secondary N) is 1. The lowest BCUT2D eigenvalue weighted by atomic mass is 10.1. The van der Waals surface area contributed by atoms with Crippen LogP contribution in [-0.2, 0) is 11.3 Å². The standard InChI is InChI=1S/C18H22ClN7O2/c1-11-14-17(24-26(11)12-5-2-3-7-27-10-12)28-8-4-6-25-16-13(15(19)23-25)9-20-18(21-14)22-16/h9,12H,2-8,10H2,1H3,(H,20,21,22). The van der Waals surface area contributed by atoms with E-state index in [0.717, 1.165) is 49.1 Å². The first-order chi connectivity index (χ1) is 13.7. The zero-order valence-electron chi connectivity index (χ0n) is 15.7. The van der Waals surface area contributed by atoms with E-state index in [9.17, 15) is 0 Å². The van der Waals surface area contributed by atoms with Crippen molar-refractivity contribution in [3.05, 3.63) is 17.0 Å². The quantitative estimate of drug-likeness (QED) is 0.666. The first kappa shape index (κ1) is 17.7. The van der Waals surface area contributed by atoms with E-state index < -0.39 is 0 Å². The second kappa shape index (κ2) is 7.21. The van der Waals surface area contributed by atoms with Crippen molar-refractivity contribution in [3.63, 3.8) is 0 Å². The van der Waals surface area contributed by atoms with Gasteiger partial charge in [0, 0.05) is 25.8 Å². The lowest BCUT2D eigenvalue weighted by molar-refractivity contribution is 0.113. The minimum Gasteiger partial charge on any atom is -0.475 e. The fourth-order valence-electron chi connectivity index (χ4n) is 3.81. The molecule has 1 unspecified atom stereocenters.